The van der Waals surface area contributed by atoms with E-state index in [0.29, 0.717) is 12.2 Å². The van der Waals surface area contributed by atoms with Gasteiger partial charge in [0.15, 0.2) is 5.78 Å². The van der Waals surface area contributed by atoms with E-state index < -0.39 is 0 Å². The first-order valence-electron chi connectivity index (χ1n) is 4.93. The second-order valence-electron chi connectivity index (χ2n) is 3.37. The van der Waals surface area contributed by atoms with Crippen molar-refractivity contribution in [2.45, 2.75) is 13.0 Å². The summed E-state index contributed by atoms with van der Waals surface area (Å²) in [5.74, 6) is -0.00134. The SMILES string of the molecule is COCC(C)OCC(=O)c1ccccc1. The number of hydrogen-bond acceptors (Lipinski definition) is 3. The Labute approximate surface area is 90.0 Å². The second-order valence-corrected chi connectivity index (χ2v) is 3.37. The van der Waals surface area contributed by atoms with E-state index in [-0.39, 0.29) is 18.5 Å². The molecule has 1 unspecified atom stereocenters. The predicted molar refractivity (Wildman–Crippen MR) is 58.1 cm³/mol. The Morgan fingerprint density at radius 1 is 1.33 bits per heavy atom. The molecule has 3 nitrogen and oxygen atoms in total. The van der Waals surface area contributed by atoms with Crippen LogP contribution in [-0.4, -0.2) is 32.2 Å². The molecule has 0 bridgehead atoms. The summed E-state index contributed by atoms with van der Waals surface area (Å²) in [6.45, 7) is 2.48. The quantitative estimate of drug-likeness (QED) is 0.670. The molecule has 0 spiro atoms. The second kappa shape index (κ2) is 6.32. The van der Waals surface area contributed by atoms with Gasteiger partial charge in [-0.15, -0.1) is 0 Å². The number of ether oxygens (including phenoxy) is 2. The van der Waals surface area contributed by atoms with E-state index >= 15 is 0 Å². The van der Waals surface area contributed by atoms with Crippen LogP contribution in [0.2, 0.25) is 0 Å². The molecule has 0 aliphatic carbocycles. The predicted octanol–water partition coefficient (Wildman–Crippen LogP) is 1.92. The van der Waals surface area contributed by atoms with Crippen LogP contribution in [0.25, 0.3) is 0 Å². The van der Waals surface area contributed by atoms with Crippen molar-refractivity contribution in [3.63, 3.8) is 0 Å². The third kappa shape index (κ3) is 4.23. The highest BCUT2D eigenvalue weighted by atomic mass is 16.5. The molecule has 3 heteroatoms. The lowest BCUT2D eigenvalue weighted by molar-refractivity contribution is 0.0125. The average molecular weight is 208 g/mol. The van der Waals surface area contributed by atoms with Crippen molar-refractivity contribution in [2.75, 3.05) is 20.3 Å². The van der Waals surface area contributed by atoms with Crippen molar-refractivity contribution < 1.29 is 14.3 Å². The van der Waals surface area contributed by atoms with Crippen LogP contribution in [0.1, 0.15) is 17.3 Å². The molecular formula is C12H16O3. The van der Waals surface area contributed by atoms with E-state index in [9.17, 15) is 4.79 Å². The zero-order valence-electron chi connectivity index (χ0n) is 9.10. The number of Topliss-reactive ketones (excluding diaryl/α,β-unsaturated/α-hetero) is 1. The van der Waals surface area contributed by atoms with Gasteiger partial charge in [-0.05, 0) is 6.92 Å². The smallest absolute Gasteiger partial charge is 0.188 e. The van der Waals surface area contributed by atoms with Gasteiger partial charge in [0, 0.05) is 12.7 Å². The zero-order valence-corrected chi connectivity index (χ0v) is 9.10. The highest BCUT2D eigenvalue weighted by Gasteiger charge is 2.08. The molecule has 82 valence electrons. The van der Waals surface area contributed by atoms with Crippen LogP contribution in [-0.2, 0) is 9.47 Å². The summed E-state index contributed by atoms with van der Waals surface area (Å²) < 4.78 is 10.2. The standard InChI is InChI=1S/C12H16O3/c1-10(8-14-2)15-9-12(13)11-6-4-3-5-7-11/h3-7,10H,8-9H2,1-2H3. The van der Waals surface area contributed by atoms with Gasteiger partial charge in [-0.3, -0.25) is 4.79 Å². The first kappa shape index (κ1) is 11.9. The van der Waals surface area contributed by atoms with E-state index in [0.717, 1.165) is 0 Å². The molecule has 0 saturated heterocycles. The number of methoxy groups -OCH3 is 1. The maximum Gasteiger partial charge on any atom is 0.188 e. The highest BCUT2D eigenvalue weighted by molar-refractivity contribution is 5.96. The van der Waals surface area contributed by atoms with Gasteiger partial charge < -0.3 is 9.47 Å². The van der Waals surface area contributed by atoms with E-state index in [4.69, 9.17) is 9.47 Å². The fraction of sp³-hybridized carbons (Fsp3) is 0.417. The molecule has 0 radical (unpaired) electrons. The van der Waals surface area contributed by atoms with Crippen LogP contribution < -0.4 is 0 Å². The Morgan fingerprint density at radius 3 is 2.60 bits per heavy atom. The highest BCUT2D eigenvalue weighted by Crippen LogP contribution is 2.01. The fourth-order valence-corrected chi connectivity index (χ4v) is 1.21. The number of hydrogen-bond donors (Lipinski definition) is 0. The Kier molecular flexibility index (Phi) is 5.01. The lowest BCUT2D eigenvalue weighted by Crippen LogP contribution is -2.19. The van der Waals surface area contributed by atoms with Crippen LogP contribution >= 0.6 is 0 Å². The van der Waals surface area contributed by atoms with Crippen molar-refractivity contribution >= 4 is 5.78 Å². The summed E-state index contributed by atoms with van der Waals surface area (Å²) in [5, 5.41) is 0. The molecule has 1 aromatic rings. The molecule has 0 aromatic heterocycles. The van der Waals surface area contributed by atoms with Gasteiger partial charge in [0.1, 0.15) is 6.61 Å². The van der Waals surface area contributed by atoms with Crippen LogP contribution in [0.4, 0.5) is 0 Å². The molecule has 1 aromatic carbocycles. The molecule has 0 heterocycles. The Hall–Kier alpha value is -1.19. The fourth-order valence-electron chi connectivity index (χ4n) is 1.21. The largest absolute Gasteiger partial charge is 0.382 e. The number of carbonyl (C=O) groups excluding carboxylic acids is 1. The maximum absolute atomic E-state index is 11.6. The lowest BCUT2D eigenvalue weighted by Gasteiger charge is -2.10. The van der Waals surface area contributed by atoms with Crippen LogP contribution in [0, 0.1) is 0 Å². The van der Waals surface area contributed by atoms with Gasteiger partial charge in [0.05, 0.1) is 12.7 Å². The summed E-state index contributed by atoms with van der Waals surface area (Å²) in [4.78, 5) is 11.6. The first-order valence-corrected chi connectivity index (χ1v) is 4.93. The van der Waals surface area contributed by atoms with Gasteiger partial charge in [-0.25, -0.2) is 0 Å². The molecule has 0 aliphatic heterocycles. The molecular weight excluding hydrogens is 192 g/mol. The minimum absolute atomic E-state index is 0.00134. The molecule has 0 saturated carbocycles. The Morgan fingerprint density at radius 2 is 2.00 bits per heavy atom. The van der Waals surface area contributed by atoms with Crippen LogP contribution in [0.5, 0.6) is 0 Å². The molecule has 15 heavy (non-hydrogen) atoms. The summed E-state index contributed by atoms with van der Waals surface area (Å²) in [6.07, 6.45) is -0.0531. The Bertz CT molecular complexity index is 295. The Balaban J connectivity index is 2.37. The average Bonchev–Trinajstić information content (AvgIpc) is 2.27. The van der Waals surface area contributed by atoms with Crippen molar-refractivity contribution in [3.8, 4) is 0 Å². The van der Waals surface area contributed by atoms with Gasteiger partial charge in [-0.2, -0.15) is 0 Å². The summed E-state index contributed by atoms with van der Waals surface area (Å²) in [5.41, 5.74) is 0.683. The number of rotatable bonds is 6. The monoisotopic (exact) mass is 208 g/mol. The summed E-state index contributed by atoms with van der Waals surface area (Å²) in [6, 6.07) is 9.13. The minimum Gasteiger partial charge on any atom is -0.382 e. The topological polar surface area (TPSA) is 35.5 Å². The summed E-state index contributed by atoms with van der Waals surface area (Å²) >= 11 is 0. The first-order chi connectivity index (χ1) is 7.24. The van der Waals surface area contributed by atoms with E-state index in [2.05, 4.69) is 0 Å². The molecule has 0 fully saturated rings. The van der Waals surface area contributed by atoms with Gasteiger partial charge in [-0.1, -0.05) is 30.3 Å². The molecule has 0 N–H and O–H groups in total. The summed E-state index contributed by atoms with van der Waals surface area (Å²) in [7, 11) is 1.61. The third-order valence-electron chi connectivity index (χ3n) is 2.00. The van der Waals surface area contributed by atoms with Crippen molar-refractivity contribution in [2.24, 2.45) is 0 Å². The van der Waals surface area contributed by atoms with Gasteiger partial charge >= 0.3 is 0 Å². The minimum atomic E-state index is -0.0531. The molecule has 1 rings (SSSR count). The van der Waals surface area contributed by atoms with Crippen molar-refractivity contribution in [3.05, 3.63) is 35.9 Å². The number of ketones is 1. The zero-order chi connectivity index (χ0) is 11.1. The number of benzene rings is 1. The lowest BCUT2D eigenvalue weighted by atomic mass is 10.1. The maximum atomic E-state index is 11.6. The van der Waals surface area contributed by atoms with Gasteiger partial charge in [0.2, 0.25) is 0 Å². The van der Waals surface area contributed by atoms with Crippen LogP contribution in [0.3, 0.4) is 0 Å². The van der Waals surface area contributed by atoms with E-state index in [1.54, 1.807) is 19.2 Å². The van der Waals surface area contributed by atoms with Crippen molar-refractivity contribution in [1.82, 2.24) is 0 Å². The van der Waals surface area contributed by atoms with Gasteiger partial charge in [0.25, 0.3) is 0 Å². The third-order valence-corrected chi connectivity index (χ3v) is 2.00. The van der Waals surface area contributed by atoms with Crippen LogP contribution in [0.15, 0.2) is 30.3 Å². The normalized spacial score (nSPS) is 12.4. The van der Waals surface area contributed by atoms with Crippen molar-refractivity contribution in [1.29, 1.82) is 0 Å². The molecule has 0 aliphatic rings. The number of carbonyl (C=O) groups is 1. The van der Waals surface area contributed by atoms with E-state index in [1.165, 1.54) is 0 Å². The van der Waals surface area contributed by atoms with E-state index in [1.807, 2.05) is 25.1 Å². The molecule has 0 amide bonds. The molecule has 1 atom stereocenters.